The lowest BCUT2D eigenvalue weighted by Gasteiger charge is -1.98. The first-order chi connectivity index (χ1) is 6.95. The van der Waals surface area contributed by atoms with Gasteiger partial charge in [-0.1, -0.05) is 48.2 Å². The van der Waals surface area contributed by atoms with Crippen LogP contribution in [0.4, 0.5) is 0 Å². The Morgan fingerprint density at radius 3 is 2.79 bits per heavy atom. The monoisotopic (exact) mass is 203 g/mol. The van der Waals surface area contributed by atoms with Crippen molar-refractivity contribution in [2.45, 2.75) is 12.8 Å². The summed E-state index contributed by atoms with van der Waals surface area (Å²) in [6, 6.07) is 10.5. The Hall–Kier alpha value is -1.02. The molecule has 1 aromatic carbocycles. The topological polar surface area (TPSA) is 12.4 Å². The Kier molecular flexibility index (Phi) is 3.41. The number of hydrogen-bond donors (Lipinski definition) is 0. The second-order valence-corrected chi connectivity index (χ2v) is 4.18. The zero-order valence-corrected chi connectivity index (χ0v) is 8.83. The highest BCUT2D eigenvalue weighted by Crippen LogP contribution is 2.17. The van der Waals surface area contributed by atoms with E-state index in [-0.39, 0.29) is 0 Å². The van der Waals surface area contributed by atoms with Crippen LogP contribution < -0.4 is 0 Å². The summed E-state index contributed by atoms with van der Waals surface area (Å²) in [5, 5.41) is 3.36. The largest absolute Gasteiger partial charge is 0.282 e. The summed E-state index contributed by atoms with van der Waals surface area (Å²) in [7, 11) is 0. The summed E-state index contributed by atoms with van der Waals surface area (Å²) >= 11 is 1.75. The van der Waals surface area contributed by atoms with Crippen LogP contribution in [0.1, 0.15) is 12.0 Å². The van der Waals surface area contributed by atoms with Crippen LogP contribution in [0.5, 0.6) is 0 Å². The molecule has 0 aliphatic carbocycles. The first-order valence-corrected chi connectivity index (χ1v) is 5.72. The van der Waals surface area contributed by atoms with Gasteiger partial charge in [-0.25, -0.2) is 0 Å². The van der Waals surface area contributed by atoms with Crippen molar-refractivity contribution in [2.75, 3.05) is 6.54 Å². The standard InChI is InChI=1S/C12H13NS/c1-2-5-11(6-3-1)8-9-13-12-7-4-10-14-12/h1-6,10H,7-9H2. The molecule has 72 valence electrons. The summed E-state index contributed by atoms with van der Waals surface area (Å²) in [6.45, 7) is 0.911. The highest BCUT2D eigenvalue weighted by atomic mass is 32.2. The first-order valence-electron chi connectivity index (χ1n) is 4.84. The molecular formula is C12H13NS. The molecule has 1 aliphatic heterocycles. The first kappa shape index (κ1) is 9.53. The third-order valence-corrected chi connectivity index (χ3v) is 3.02. The van der Waals surface area contributed by atoms with Gasteiger partial charge in [0.15, 0.2) is 0 Å². The second-order valence-electron chi connectivity index (χ2n) is 3.20. The third kappa shape index (κ3) is 2.74. The zero-order valence-electron chi connectivity index (χ0n) is 8.02. The van der Waals surface area contributed by atoms with E-state index >= 15 is 0 Å². The fraction of sp³-hybridized carbons (Fsp3) is 0.250. The van der Waals surface area contributed by atoms with Gasteiger partial charge in [-0.3, -0.25) is 4.99 Å². The maximum absolute atomic E-state index is 4.54. The second kappa shape index (κ2) is 5.01. The molecule has 0 saturated heterocycles. The van der Waals surface area contributed by atoms with Gasteiger partial charge in [0.25, 0.3) is 0 Å². The molecule has 0 N–H and O–H groups in total. The lowest BCUT2D eigenvalue weighted by molar-refractivity contribution is 0.969. The van der Waals surface area contributed by atoms with Gasteiger partial charge in [-0.05, 0) is 17.4 Å². The Bertz CT molecular complexity index is 331. The molecule has 0 fully saturated rings. The van der Waals surface area contributed by atoms with E-state index in [0.717, 1.165) is 19.4 Å². The Morgan fingerprint density at radius 2 is 2.07 bits per heavy atom. The summed E-state index contributed by atoms with van der Waals surface area (Å²) in [6.07, 6.45) is 4.23. The Balaban J connectivity index is 1.81. The number of hydrogen-bond acceptors (Lipinski definition) is 2. The quantitative estimate of drug-likeness (QED) is 0.734. The minimum Gasteiger partial charge on any atom is -0.282 e. The van der Waals surface area contributed by atoms with Gasteiger partial charge in [0, 0.05) is 13.0 Å². The minimum atomic E-state index is 0.911. The van der Waals surface area contributed by atoms with Crippen molar-refractivity contribution >= 4 is 16.8 Å². The molecule has 0 saturated carbocycles. The summed E-state index contributed by atoms with van der Waals surface area (Å²) in [5.74, 6) is 0. The van der Waals surface area contributed by atoms with E-state index in [1.54, 1.807) is 11.8 Å². The highest BCUT2D eigenvalue weighted by Gasteiger charge is 2.00. The molecule has 0 radical (unpaired) electrons. The van der Waals surface area contributed by atoms with Gasteiger partial charge in [-0.15, -0.1) is 0 Å². The van der Waals surface area contributed by atoms with Crippen LogP contribution in [0.15, 0.2) is 46.8 Å². The number of allylic oxidation sites excluding steroid dienone is 1. The average molecular weight is 203 g/mol. The van der Waals surface area contributed by atoms with E-state index in [1.807, 2.05) is 6.07 Å². The predicted octanol–water partition coefficient (Wildman–Crippen LogP) is 3.28. The molecule has 0 atom stereocenters. The molecule has 0 bridgehead atoms. The van der Waals surface area contributed by atoms with Crippen LogP contribution in [0.25, 0.3) is 0 Å². The average Bonchev–Trinajstić information content (AvgIpc) is 2.72. The molecule has 2 rings (SSSR count). The van der Waals surface area contributed by atoms with Crippen molar-refractivity contribution in [3.8, 4) is 0 Å². The summed E-state index contributed by atoms with van der Waals surface area (Å²) < 4.78 is 0. The van der Waals surface area contributed by atoms with Crippen molar-refractivity contribution in [1.82, 2.24) is 0 Å². The van der Waals surface area contributed by atoms with Crippen LogP contribution in [0.3, 0.4) is 0 Å². The van der Waals surface area contributed by atoms with E-state index in [0.29, 0.717) is 0 Å². The van der Waals surface area contributed by atoms with E-state index < -0.39 is 0 Å². The molecule has 0 unspecified atom stereocenters. The van der Waals surface area contributed by atoms with Gasteiger partial charge < -0.3 is 0 Å². The lowest BCUT2D eigenvalue weighted by atomic mass is 10.2. The number of thioether (sulfide) groups is 1. The molecule has 1 nitrogen and oxygen atoms in total. The molecule has 0 amide bonds. The van der Waals surface area contributed by atoms with E-state index in [2.05, 4.69) is 40.7 Å². The maximum Gasteiger partial charge on any atom is 0.0755 e. The van der Waals surface area contributed by atoms with Crippen LogP contribution in [0, 0.1) is 0 Å². The molecule has 1 aromatic rings. The fourth-order valence-corrected chi connectivity index (χ4v) is 2.09. The molecule has 1 heterocycles. The van der Waals surface area contributed by atoms with Gasteiger partial charge >= 0.3 is 0 Å². The SMILES string of the molecule is C1=CSC(=NCCc2ccccc2)C1. The highest BCUT2D eigenvalue weighted by molar-refractivity contribution is 8.16. The maximum atomic E-state index is 4.54. The van der Waals surface area contributed by atoms with Crippen molar-refractivity contribution < 1.29 is 0 Å². The zero-order chi connectivity index (χ0) is 9.64. The van der Waals surface area contributed by atoms with Crippen LogP contribution in [0.2, 0.25) is 0 Å². The van der Waals surface area contributed by atoms with Gasteiger partial charge in [0.05, 0.1) is 5.04 Å². The molecule has 2 heteroatoms. The van der Waals surface area contributed by atoms with Crippen LogP contribution >= 0.6 is 11.8 Å². The number of benzene rings is 1. The van der Waals surface area contributed by atoms with Crippen molar-refractivity contribution in [1.29, 1.82) is 0 Å². The number of rotatable bonds is 3. The minimum absolute atomic E-state index is 0.911. The van der Waals surface area contributed by atoms with E-state index in [4.69, 9.17) is 0 Å². The smallest absolute Gasteiger partial charge is 0.0755 e. The van der Waals surface area contributed by atoms with Crippen LogP contribution in [-0.4, -0.2) is 11.6 Å². The molecule has 14 heavy (non-hydrogen) atoms. The molecule has 0 aromatic heterocycles. The fourth-order valence-electron chi connectivity index (χ4n) is 1.38. The van der Waals surface area contributed by atoms with Crippen molar-refractivity contribution in [3.63, 3.8) is 0 Å². The molecular weight excluding hydrogens is 190 g/mol. The van der Waals surface area contributed by atoms with E-state index in [1.165, 1.54) is 10.6 Å². The van der Waals surface area contributed by atoms with Gasteiger partial charge in [0.2, 0.25) is 0 Å². The molecule has 1 aliphatic rings. The molecule has 0 spiro atoms. The third-order valence-electron chi connectivity index (χ3n) is 2.12. The van der Waals surface area contributed by atoms with Crippen molar-refractivity contribution in [2.24, 2.45) is 4.99 Å². The van der Waals surface area contributed by atoms with Crippen LogP contribution in [-0.2, 0) is 6.42 Å². The van der Waals surface area contributed by atoms with Crippen molar-refractivity contribution in [3.05, 3.63) is 47.4 Å². The number of aliphatic imine (C=N–C) groups is 1. The lowest BCUT2D eigenvalue weighted by Crippen LogP contribution is -1.92. The normalized spacial score (nSPS) is 17.9. The Labute approximate surface area is 88.9 Å². The van der Waals surface area contributed by atoms with Gasteiger partial charge in [0.1, 0.15) is 0 Å². The predicted molar refractivity (Wildman–Crippen MR) is 63.8 cm³/mol. The number of nitrogens with zero attached hydrogens (tertiary/aromatic N) is 1. The van der Waals surface area contributed by atoms with Gasteiger partial charge in [-0.2, -0.15) is 0 Å². The summed E-state index contributed by atoms with van der Waals surface area (Å²) in [4.78, 5) is 4.54. The Morgan fingerprint density at radius 1 is 1.21 bits per heavy atom. The summed E-state index contributed by atoms with van der Waals surface area (Å²) in [5.41, 5.74) is 1.37. The van der Waals surface area contributed by atoms with E-state index in [9.17, 15) is 0 Å².